The van der Waals surface area contributed by atoms with Crippen molar-refractivity contribution in [2.45, 2.75) is 39.3 Å². The van der Waals surface area contributed by atoms with Crippen molar-refractivity contribution in [1.82, 2.24) is 15.5 Å². The van der Waals surface area contributed by atoms with Crippen LogP contribution in [0.4, 0.5) is 0 Å². The molecule has 1 rings (SSSR count). The second-order valence-corrected chi connectivity index (χ2v) is 3.75. The Kier molecular flexibility index (Phi) is 5.28. The summed E-state index contributed by atoms with van der Waals surface area (Å²) < 4.78 is 9.96. The third kappa shape index (κ3) is 4.90. The molecule has 1 aromatic heterocycles. The van der Waals surface area contributed by atoms with E-state index in [1.165, 1.54) is 0 Å². The lowest BCUT2D eigenvalue weighted by Gasteiger charge is -2.05. The van der Waals surface area contributed by atoms with Gasteiger partial charge in [-0.1, -0.05) is 19.0 Å². The summed E-state index contributed by atoms with van der Waals surface area (Å²) in [6.07, 6.45) is 1.82. The highest BCUT2D eigenvalue weighted by atomic mass is 16.5. The zero-order chi connectivity index (χ0) is 11.1. The van der Waals surface area contributed by atoms with E-state index in [-0.39, 0.29) is 0 Å². The van der Waals surface area contributed by atoms with Crippen molar-refractivity contribution in [2.75, 3.05) is 13.7 Å². The largest absolute Gasteiger partial charge is 0.377 e. The van der Waals surface area contributed by atoms with Crippen LogP contribution in [0.15, 0.2) is 4.52 Å². The smallest absolute Gasteiger partial charge is 0.226 e. The maximum Gasteiger partial charge on any atom is 0.226 e. The molecule has 1 aromatic rings. The minimum Gasteiger partial charge on any atom is -0.377 e. The first-order chi connectivity index (χ1) is 7.22. The third-order valence-corrected chi connectivity index (χ3v) is 1.90. The summed E-state index contributed by atoms with van der Waals surface area (Å²) in [5.41, 5.74) is 0. The monoisotopic (exact) mass is 213 g/mol. The van der Waals surface area contributed by atoms with E-state index in [1.807, 2.05) is 0 Å². The number of methoxy groups -OCH3 is 1. The molecular weight excluding hydrogens is 194 g/mol. The van der Waals surface area contributed by atoms with Crippen LogP contribution in [0.25, 0.3) is 0 Å². The first-order valence-corrected chi connectivity index (χ1v) is 5.26. The standard InChI is InChI=1S/C10H19N3O2/c1-8(2)11-6-4-5-10-12-9(7-14-3)13-15-10/h8,11H,4-7H2,1-3H3. The third-order valence-electron chi connectivity index (χ3n) is 1.90. The van der Waals surface area contributed by atoms with Crippen molar-refractivity contribution in [3.05, 3.63) is 11.7 Å². The van der Waals surface area contributed by atoms with E-state index in [0.717, 1.165) is 19.4 Å². The van der Waals surface area contributed by atoms with Crippen LogP contribution in [0.5, 0.6) is 0 Å². The van der Waals surface area contributed by atoms with E-state index in [1.54, 1.807) is 7.11 Å². The Hall–Kier alpha value is -0.940. The van der Waals surface area contributed by atoms with E-state index >= 15 is 0 Å². The number of aryl methyl sites for hydroxylation is 1. The number of hydrogen-bond acceptors (Lipinski definition) is 5. The lowest BCUT2D eigenvalue weighted by Crippen LogP contribution is -2.23. The molecule has 15 heavy (non-hydrogen) atoms. The maximum atomic E-state index is 5.06. The number of rotatable bonds is 7. The Bertz CT molecular complexity index is 273. The molecule has 1 N–H and O–H groups in total. The topological polar surface area (TPSA) is 60.2 Å². The highest BCUT2D eigenvalue weighted by Crippen LogP contribution is 2.01. The van der Waals surface area contributed by atoms with Crippen LogP contribution in [-0.2, 0) is 17.8 Å². The number of hydrogen-bond donors (Lipinski definition) is 1. The molecule has 86 valence electrons. The Labute approximate surface area is 90.2 Å². The minimum absolute atomic E-state index is 0.410. The summed E-state index contributed by atoms with van der Waals surface area (Å²) in [6, 6.07) is 0.525. The summed E-state index contributed by atoms with van der Waals surface area (Å²) in [7, 11) is 1.61. The first kappa shape index (κ1) is 12.1. The van der Waals surface area contributed by atoms with Crippen molar-refractivity contribution in [3.63, 3.8) is 0 Å². The second-order valence-electron chi connectivity index (χ2n) is 3.75. The van der Waals surface area contributed by atoms with Crippen LogP contribution in [-0.4, -0.2) is 29.8 Å². The fourth-order valence-electron chi connectivity index (χ4n) is 1.21. The molecule has 0 spiro atoms. The Morgan fingerprint density at radius 3 is 2.93 bits per heavy atom. The molecule has 0 saturated heterocycles. The van der Waals surface area contributed by atoms with Crippen LogP contribution in [0.2, 0.25) is 0 Å². The minimum atomic E-state index is 0.410. The van der Waals surface area contributed by atoms with Crippen LogP contribution < -0.4 is 5.32 Å². The number of ether oxygens (including phenoxy) is 1. The second kappa shape index (κ2) is 6.53. The van der Waals surface area contributed by atoms with Gasteiger partial charge in [-0.15, -0.1) is 0 Å². The lowest BCUT2D eigenvalue weighted by molar-refractivity contribution is 0.174. The van der Waals surface area contributed by atoms with Gasteiger partial charge in [-0.2, -0.15) is 4.98 Å². The van der Waals surface area contributed by atoms with E-state index in [0.29, 0.717) is 24.4 Å². The zero-order valence-corrected chi connectivity index (χ0v) is 9.62. The molecule has 5 heteroatoms. The van der Waals surface area contributed by atoms with Gasteiger partial charge < -0.3 is 14.6 Å². The molecule has 0 aliphatic heterocycles. The van der Waals surface area contributed by atoms with Gasteiger partial charge in [0.05, 0.1) is 0 Å². The van der Waals surface area contributed by atoms with Gasteiger partial charge in [0.15, 0.2) is 5.82 Å². The Morgan fingerprint density at radius 1 is 1.47 bits per heavy atom. The summed E-state index contributed by atoms with van der Waals surface area (Å²) in [5.74, 6) is 1.30. The van der Waals surface area contributed by atoms with Gasteiger partial charge in [0.2, 0.25) is 5.89 Å². The number of nitrogens with one attached hydrogen (secondary N) is 1. The summed E-state index contributed by atoms with van der Waals surface area (Å²) in [4.78, 5) is 4.19. The molecule has 0 aliphatic rings. The van der Waals surface area contributed by atoms with E-state index in [9.17, 15) is 0 Å². The van der Waals surface area contributed by atoms with Gasteiger partial charge in [0.25, 0.3) is 0 Å². The van der Waals surface area contributed by atoms with Gasteiger partial charge in [0.1, 0.15) is 6.61 Å². The predicted molar refractivity (Wildman–Crippen MR) is 56.5 cm³/mol. The van der Waals surface area contributed by atoms with Crippen molar-refractivity contribution < 1.29 is 9.26 Å². The number of nitrogens with zero attached hydrogens (tertiary/aromatic N) is 2. The molecular formula is C10H19N3O2. The molecule has 0 aromatic carbocycles. The van der Waals surface area contributed by atoms with E-state index in [2.05, 4.69) is 29.3 Å². The highest BCUT2D eigenvalue weighted by Gasteiger charge is 2.05. The number of aromatic nitrogens is 2. The average Bonchev–Trinajstić information content (AvgIpc) is 2.61. The average molecular weight is 213 g/mol. The molecule has 0 saturated carbocycles. The zero-order valence-electron chi connectivity index (χ0n) is 9.62. The van der Waals surface area contributed by atoms with Gasteiger partial charge in [-0.05, 0) is 13.0 Å². The van der Waals surface area contributed by atoms with Gasteiger partial charge in [-0.25, -0.2) is 0 Å². The van der Waals surface area contributed by atoms with Crippen molar-refractivity contribution in [1.29, 1.82) is 0 Å². The van der Waals surface area contributed by atoms with Gasteiger partial charge >= 0.3 is 0 Å². The Balaban J connectivity index is 2.19. The van der Waals surface area contributed by atoms with Crippen molar-refractivity contribution >= 4 is 0 Å². The summed E-state index contributed by atoms with van der Waals surface area (Å²) in [6.45, 7) is 5.64. The molecule has 5 nitrogen and oxygen atoms in total. The normalized spacial score (nSPS) is 11.2. The summed E-state index contributed by atoms with van der Waals surface area (Å²) in [5, 5.41) is 7.12. The van der Waals surface area contributed by atoms with E-state index in [4.69, 9.17) is 9.26 Å². The molecule has 0 amide bonds. The van der Waals surface area contributed by atoms with Crippen LogP contribution in [0.3, 0.4) is 0 Å². The SMILES string of the molecule is COCc1noc(CCCNC(C)C)n1. The van der Waals surface area contributed by atoms with Gasteiger partial charge in [0, 0.05) is 19.6 Å². The molecule has 0 fully saturated rings. The molecule has 1 heterocycles. The maximum absolute atomic E-state index is 5.06. The van der Waals surface area contributed by atoms with Crippen molar-refractivity contribution in [2.24, 2.45) is 0 Å². The van der Waals surface area contributed by atoms with Crippen molar-refractivity contribution in [3.8, 4) is 0 Å². The summed E-state index contributed by atoms with van der Waals surface area (Å²) >= 11 is 0. The van der Waals surface area contributed by atoms with Crippen LogP contribution in [0.1, 0.15) is 32.0 Å². The lowest BCUT2D eigenvalue weighted by atomic mass is 10.3. The van der Waals surface area contributed by atoms with Crippen LogP contribution in [0, 0.1) is 0 Å². The molecule has 0 aliphatic carbocycles. The molecule has 0 bridgehead atoms. The fraction of sp³-hybridized carbons (Fsp3) is 0.800. The van der Waals surface area contributed by atoms with Gasteiger partial charge in [-0.3, -0.25) is 0 Å². The first-order valence-electron chi connectivity index (χ1n) is 5.26. The van der Waals surface area contributed by atoms with E-state index < -0.39 is 0 Å². The Morgan fingerprint density at radius 2 is 2.27 bits per heavy atom. The highest BCUT2D eigenvalue weighted by molar-refractivity contribution is 4.84. The quantitative estimate of drug-likeness (QED) is 0.688. The predicted octanol–water partition coefficient (Wildman–Crippen LogP) is 1.15. The molecule has 0 unspecified atom stereocenters. The molecule has 0 radical (unpaired) electrons. The van der Waals surface area contributed by atoms with Crippen LogP contribution >= 0.6 is 0 Å². The molecule has 0 atom stereocenters. The fourth-order valence-corrected chi connectivity index (χ4v) is 1.21.